The first kappa shape index (κ1) is 15.8. The van der Waals surface area contributed by atoms with Crippen LogP contribution in [-0.2, 0) is 14.8 Å². The molecule has 1 atom stereocenters. The lowest BCUT2D eigenvalue weighted by Gasteiger charge is -2.31. The summed E-state index contributed by atoms with van der Waals surface area (Å²) in [7, 11) is -3.99. The molecule has 0 bridgehead atoms. The van der Waals surface area contributed by atoms with Crippen molar-refractivity contribution >= 4 is 16.0 Å². The summed E-state index contributed by atoms with van der Waals surface area (Å²) in [6, 6.07) is 3.15. The molecule has 1 aromatic carbocycles. The molecule has 1 aliphatic rings. The van der Waals surface area contributed by atoms with Gasteiger partial charge in [-0.1, -0.05) is 12.1 Å². The quantitative estimate of drug-likeness (QED) is 0.923. The molecule has 0 aromatic heterocycles. The van der Waals surface area contributed by atoms with E-state index in [1.54, 1.807) is 0 Å². The molecule has 0 saturated carbocycles. The zero-order valence-electron chi connectivity index (χ0n) is 11.1. The normalized spacial score (nSPS) is 20.6. The van der Waals surface area contributed by atoms with Crippen molar-refractivity contribution in [3.63, 3.8) is 0 Å². The Morgan fingerprint density at radius 3 is 2.38 bits per heavy atom. The molecule has 1 unspecified atom stereocenters. The molecule has 21 heavy (non-hydrogen) atoms. The van der Waals surface area contributed by atoms with Gasteiger partial charge >= 0.3 is 5.97 Å². The van der Waals surface area contributed by atoms with E-state index in [9.17, 15) is 22.0 Å². The molecule has 0 amide bonds. The largest absolute Gasteiger partial charge is 0.480 e. The van der Waals surface area contributed by atoms with Crippen LogP contribution >= 0.6 is 0 Å². The van der Waals surface area contributed by atoms with Gasteiger partial charge in [0.2, 0.25) is 10.0 Å². The maximum absolute atomic E-state index is 12.5. The van der Waals surface area contributed by atoms with E-state index in [-0.39, 0.29) is 23.4 Å². The number of nitrogens with zero attached hydrogens (tertiary/aromatic N) is 1. The lowest BCUT2D eigenvalue weighted by molar-refractivity contribution is -0.142. The number of rotatable bonds is 4. The van der Waals surface area contributed by atoms with Crippen molar-refractivity contribution in [2.45, 2.75) is 36.6 Å². The van der Waals surface area contributed by atoms with Crippen LogP contribution in [0.2, 0.25) is 0 Å². The lowest BCUT2D eigenvalue weighted by Crippen LogP contribution is -2.47. The summed E-state index contributed by atoms with van der Waals surface area (Å²) in [6.07, 6.45) is -1.20. The number of piperidine rings is 1. The molecule has 2 rings (SSSR count). The summed E-state index contributed by atoms with van der Waals surface area (Å²) in [5.74, 6) is -1.19. The monoisotopic (exact) mass is 319 g/mol. The maximum Gasteiger partial charge on any atom is 0.322 e. The number of halogens is 2. The smallest absolute Gasteiger partial charge is 0.322 e. The van der Waals surface area contributed by atoms with Gasteiger partial charge < -0.3 is 5.11 Å². The van der Waals surface area contributed by atoms with Crippen molar-refractivity contribution in [1.29, 1.82) is 0 Å². The molecule has 1 aromatic rings. The van der Waals surface area contributed by atoms with E-state index in [0.717, 1.165) is 28.6 Å². The van der Waals surface area contributed by atoms with Crippen LogP contribution < -0.4 is 0 Å². The zero-order chi connectivity index (χ0) is 15.6. The van der Waals surface area contributed by atoms with E-state index in [1.165, 1.54) is 0 Å². The standard InChI is InChI=1S/C13H15F2NO4S/c14-12(15)9-4-6-10(7-5-9)21(19,20)16-8-2-1-3-11(16)13(17)18/h4-7,11-12H,1-3,8H2,(H,17,18). The molecule has 8 heteroatoms. The van der Waals surface area contributed by atoms with E-state index >= 15 is 0 Å². The molecule has 1 heterocycles. The third kappa shape index (κ3) is 3.21. The number of hydrogen-bond donors (Lipinski definition) is 1. The van der Waals surface area contributed by atoms with Gasteiger partial charge in [-0.25, -0.2) is 17.2 Å². The first-order chi connectivity index (χ1) is 9.84. The second-order valence-corrected chi connectivity index (χ2v) is 6.73. The van der Waals surface area contributed by atoms with Gasteiger partial charge in [-0.15, -0.1) is 0 Å². The summed E-state index contributed by atoms with van der Waals surface area (Å²) in [4.78, 5) is 11.0. The van der Waals surface area contributed by atoms with Crippen LogP contribution in [0, 0.1) is 0 Å². The molecule has 1 saturated heterocycles. The van der Waals surface area contributed by atoms with Crippen LogP contribution in [0.4, 0.5) is 8.78 Å². The van der Waals surface area contributed by atoms with Crippen LogP contribution in [0.5, 0.6) is 0 Å². The lowest BCUT2D eigenvalue weighted by atomic mass is 10.1. The predicted octanol–water partition coefficient (Wildman–Crippen LogP) is 2.25. The topological polar surface area (TPSA) is 74.7 Å². The molecule has 1 fully saturated rings. The average molecular weight is 319 g/mol. The van der Waals surface area contributed by atoms with Gasteiger partial charge in [-0.3, -0.25) is 4.79 Å². The Morgan fingerprint density at radius 2 is 1.86 bits per heavy atom. The van der Waals surface area contributed by atoms with E-state index in [2.05, 4.69) is 0 Å². The zero-order valence-corrected chi connectivity index (χ0v) is 11.9. The number of aliphatic carboxylic acids is 1. The number of carboxylic acids is 1. The summed E-state index contributed by atoms with van der Waals surface area (Å²) >= 11 is 0. The maximum atomic E-state index is 12.5. The van der Waals surface area contributed by atoms with Gasteiger partial charge in [-0.2, -0.15) is 4.31 Å². The Morgan fingerprint density at radius 1 is 1.24 bits per heavy atom. The summed E-state index contributed by atoms with van der Waals surface area (Å²) in [6.45, 7) is 0.121. The van der Waals surface area contributed by atoms with Crippen molar-refractivity contribution in [2.75, 3.05) is 6.54 Å². The van der Waals surface area contributed by atoms with Crippen LogP contribution in [0.25, 0.3) is 0 Å². The van der Waals surface area contributed by atoms with E-state index in [0.29, 0.717) is 12.8 Å². The van der Waals surface area contributed by atoms with E-state index in [4.69, 9.17) is 5.11 Å². The fraction of sp³-hybridized carbons (Fsp3) is 0.462. The molecule has 116 valence electrons. The number of hydrogen-bond acceptors (Lipinski definition) is 3. The SMILES string of the molecule is O=C(O)C1CCCCN1S(=O)(=O)c1ccc(C(F)F)cc1. The highest BCUT2D eigenvalue weighted by atomic mass is 32.2. The number of alkyl halides is 2. The van der Waals surface area contributed by atoms with Crippen LogP contribution in [0.3, 0.4) is 0 Å². The molecule has 5 nitrogen and oxygen atoms in total. The van der Waals surface area contributed by atoms with Crippen molar-refractivity contribution in [1.82, 2.24) is 4.31 Å². The first-order valence-corrected chi connectivity index (χ1v) is 7.91. The second kappa shape index (κ2) is 6.07. The average Bonchev–Trinajstić information content (AvgIpc) is 2.47. The Balaban J connectivity index is 2.33. The minimum Gasteiger partial charge on any atom is -0.480 e. The molecular formula is C13H15F2NO4S. The fourth-order valence-electron chi connectivity index (χ4n) is 2.36. The summed E-state index contributed by atoms with van der Waals surface area (Å²) in [5, 5.41) is 9.13. The number of carboxylic acid groups (broad SMARTS) is 1. The predicted molar refractivity (Wildman–Crippen MR) is 70.6 cm³/mol. The van der Waals surface area contributed by atoms with E-state index in [1.807, 2.05) is 0 Å². The van der Waals surface area contributed by atoms with Gasteiger partial charge in [0, 0.05) is 12.1 Å². The highest BCUT2D eigenvalue weighted by Crippen LogP contribution is 2.27. The van der Waals surface area contributed by atoms with Crippen LogP contribution in [0.1, 0.15) is 31.3 Å². The van der Waals surface area contributed by atoms with Crippen molar-refractivity contribution in [3.05, 3.63) is 29.8 Å². The second-order valence-electron chi connectivity index (χ2n) is 4.84. The minimum atomic E-state index is -3.99. The molecule has 1 N–H and O–H groups in total. The van der Waals surface area contributed by atoms with Gasteiger partial charge in [0.15, 0.2) is 0 Å². The van der Waals surface area contributed by atoms with Gasteiger partial charge in [0.25, 0.3) is 6.43 Å². The Labute approximate surface area is 121 Å². The Hall–Kier alpha value is -1.54. The van der Waals surface area contributed by atoms with Crippen molar-refractivity contribution in [2.24, 2.45) is 0 Å². The highest BCUT2D eigenvalue weighted by molar-refractivity contribution is 7.89. The van der Waals surface area contributed by atoms with Crippen molar-refractivity contribution in [3.8, 4) is 0 Å². The number of carbonyl (C=O) groups is 1. The third-order valence-electron chi connectivity index (χ3n) is 3.48. The van der Waals surface area contributed by atoms with Crippen LogP contribution in [0.15, 0.2) is 29.2 Å². The molecule has 0 radical (unpaired) electrons. The van der Waals surface area contributed by atoms with E-state index < -0.39 is 28.5 Å². The molecule has 0 aliphatic carbocycles. The first-order valence-electron chi connectivity index (χ1n) is 6.47. The minimum absolute atomic E-state index is 0.121. The Bertz CT molecular complexity index is 616. The van der Waals surface area contributed by atoms with Gasteiger partial charge in [0.1, 0.15) is 6.04 Å². The van der Waals surface area contributed by atoms with Crippen molar-refractivity contribution < 1.29 is 27.1 Å². The van der Waals surface area contributed by atoms with Gasteiger partial charge in [0.05, 0.1) is 4.90 Å². The third-order valence-corrected chi connectivity index (χ3v) is 5.40. The van der Waals surface area contributed by atoms with Gasteiger partial charge in [-0.05, 0) is 31.4 Å². The number of sulfonamides is 1. The van der Waals surface area contributed by atoms with Crippen LogP contribution in [-0.4, -0.2) is 36.4 Å². The molecule has 1 aliphatic heterocycles. The summed E-state index contributed by atoms with van der Waals surface area (Å²) < 4.78 is 50.8. The summed E-state index contributed by atoms with van der Waals surface area (Å²) in [5.41, 5.74) is -0.276. The highest BCUT2D eigenvalue weighted by Gasteiger charge is 2.37. The fourth-order valence-corrected chi connectivity index (χ4v) is 4.01. The molecular weight excluding hydrogens is 304 g/mol. The Kier molecular flexibility index (Phi) is 4.58. The molecule has 0 spiro atoms. The number of benzene rings is 1.